The van der Waals surface area contributed by atoms with Gasteiger partial charge in [-0.1, -0.05) is 6.92 Å². The summed E-state index contributed by atoms with van der Waals surface area (Å²) in [6.45, 7) is 7.60. The van der Waals surface area contributed by atoms with Crippen molar-refractivity contribution in [1.82, 2.24) is 14.7 Å². The van der Waals surface area contributed by atoms with Crippen LogP contribution in [0.4, 0.5) is 0 Å². The van der Waals surface area contributed by atoms with Crippen LogP contribution in [-0.4, -0.2) is 83.8 Å². The molecule has 20 heavy (non-hydrogen) atoms. The van der Waals surface area contributed by atoms with Crippen molar-refractivity contribution < 1.29 is 5.11 Å². The molecule has 3 heterocycles. The summed E-state index contributed by atoms with van der Waals surface area (Å²) in [7, 11) is 2.32. The molecule has 3 saturated heterocycles. The highest BCUT2D eigenvalue weighted by atomic mass is 16.3. The SMILES string of the molecule is CC[C@H](O)CN1CCN(C2C[C@@H]3CC[C@@H](C2)N3C)CC1. The van der Waals surface area contributed by atoms with Crippen molar-refractivity contribution in [3.8, 4) is 0 Å². The van der Waals surface area contributed by atoms with Crippen LogP contribution in [0, 0.1) is 0 Å². The van der Waals surface area contributed by atoms with Gasteiger partial charge >= 0.3 is 0 Å². The molecule has 0 spiro atoms. The Bertz CT molecular complexity index is 303. The van der Waals surface area contributed by atoms with Crippen LogP contribution in [0.25, 0.3) is 0 Å². The fraction of sp³-hybridized carbons (Fsp3) is 1.00. The van der Waals surface area contributed by atoms with E-state index >= 15 is 0 Å². The van der Waals surface area contributed by atoms with Crippen molar-refractivity contribution in [3.63, 3.8) is 0 Å². The van der Waals surface area contributed by atoms with Gasteiger partial charge in [0.1, 0.15) is 0 Å². The Morgan fingerprint density at radius 1 is 1.00 bits per heavy atom. The van der Waals surface area contributed by atoms with Gasteiger partial charge in [0.05, 0.1) is 6.10 Å². The highest BCUT2D eigenvalue weighted by Gasteiger charge is 2.40. The van der Waals surface area contributed by atoms with Gasteiger partial charge in [0.25, 0.3) is 0 Å². The van der Waals surface area contributed by atoms with E-state index in [1.54, 1.807) is 0 Å². The molecule has 0 saturated carbocycles. The van der Waals surface area contributed by atoms with Gasteiger partial charge in [-0.25, -0.2) is 0 Å². The lowest BCUT2D eigenvalue weighted by molar-refractivity contribution is 0.0246. The predicted molar refractivity (Wildman–Crippen MR) is 81.9 cm³/mol. The minimum absolute atomic E-state index is 0.138. The molecule has 0 aromatic carbocycles. The Balaban J connectivity index is 1.47. The largest absolute Gasteiger partial charge is 0.392 e. The summed E-state index contributed by atoms with van der Waals surface area (Å²) in [5.74, 6) is 0. The summed E-state index contributed by atoms with van der Waals surface area (Å²) in [5.41, 5.74) is 0. The number of piperazine rings is 1. The number of nitrogens with zero attached hydrogens (tertiary/aromatic N) is 3. The van der Waals surface area contributed by atoms with Crippen molar-refractivity contribution in [1.29, 1.82) is 0 Å². The number of aliphatic hydroxyl groups is 1. The van der Waals surface area contributed by atoms with E-state index in [-0.39, 0.29) is 6.10 Å². The van der Waals surface area contributed by atoms with Crippen LogP contribution < -0.4 is 0 Å². The molecule has 116 valence electrons. The number of hydrogen-bond donors (Lipinski definition) is 1. The monoisotopic (exact) mass is 281 g/mol. The van der Waals surface area contributed by atoms with E-state index in [0.717, 1.165) is 44.2 Å². The van der Waals surface area contributed by atoms with E-state index in [9.17, 15) is 5.11 Å². The van der Waals surface area contributed by atoms with Gasteiger partial charge in [0.15, 0.2) is 0 Å². The molecular weight excluding hydrogens is 250 g/mol. The van der Waals surface area contributed by atoms with Crippen LogP contribution >= 0.6 is 0 Å². The maximum absolute atomic E-state index is 9.77. The van der Waals surface area contributed by atoms with Crippen LogP contribution in [0.3, 0.4) is 0 Å². The Labute approximate surface area is 123 Å². The molecule has 0 amide bonds. The zero-order valence-corrected chi connectivity index (χ0v) is 13.2. The number of rotatable bonds is 4. The van der Waals surface area contributed by atoms with Gasteiger partial charge in [-0.15, -0.1) is 0 Å². The number of β-amino-alcohol motifs (C(OH)–C–C–N with tert-alkyl or cyclic N) is 1. The molecule has 0 unspecified atom stereocenters. The minimum atomic E-state index is -0.138. The number of piperidine rings is 1. The van der Waals surface area contributed by atoms with Crippen molar-refractivity contribution in [2.45, 2.75) is 63.3 Å². The second-order valence-electron chi connectivity index (χ2n) is 7.07. The van der Waals surface area contributed by atoms with Crippen molar-refractivity contribution in [2.24, 2.45) is 0 Å². The molecule has 3 rings (SSSR count). The first kappa shape index (κ1) is 14.8. The smallest absolute Gasteiger partial charge is 0.0664 e. The molecule has 3 aliphatic heterocycles. The lowest BCUT2D eigenvalue weighted by Crippen LogP contribution is -2.55. The molecule has 1 N–H and O–H groups in total. The van der Waals surface area contributed by atoms with Gasteiger partial charge in [0.2, 0.25) is 0 Å². The third-order valence-corrected chi connectivity index (χ3v) is 5.94. The second-order valence-corrected chi connectivity index (χ2v) is 7.07. The quantitative estimate of drug-likeness (QED) is 0.833. The van der Waals surface area contributed by atoms with E-state index < -0.39 is 0 Å². The molecule has 4 nitrogen and oxygen atoms in total. The van der Waals surface area contributed by atoms with Gasteiger partial charge in [-0.3, -0.25) is 9.80 Å². The van der Waals surface area contributed by atoms with Gasteiger partial charge in [-0.05, 0) is 39.2 Å². The van der Waals surface area contributed by atoms with Crippen LogP contribution in [0.2, 0.25) is 0 Å². The maximum atomic E-state index is 9.77. The maximum Gasteiger partial charge on any atom is 0.0664 e. The number of aliphatic hydroxyl groups excluding tert-OH is 1. The number of fused-ring (bicyclic) bond motifs is 2. The van der Waals surface area contributed by atoms with E-state index in [2.05, 4.69) is 28.7 Å². The van der Waals surface area contributed by atoms with Gasteiger partial charge in [0, 0.05) is 50.8 Å². The predicted octanol–water partition coefficient (Wildman–Crippen LogP) is 1.00. The average molecular weight is 281 g/mol. The Morgan fingerprint density at radius 3 is 2.15 bits per heavy atom. The lowest BCUT2D eigenvalue weighted by Gasteiger charge is -2.45. The van der Waals surface area contributed by atoms with Crippen molar-refractivity contribution >= 4 is 0 Å². The molecule has 0 aliphatic carbocycles. The molecule has 3 aliphatic rings. The summed E-state index contributed by atoms with van der Waals surface area (Å²) in [6.07, 6.45) is 6.33. The van der Waals surface area contributed by atoms with Crippen LogP contribution in [0.1, 0.15) is 39.0 Å². The minimum Gasteiger partial charge on any atom is -0.392 e. The highest BCUT2D eigenvalue weighted by Crippen LogP contribution is 2.36. The molecule has 0 aromatic heterocycles. The third kappa shape index (κ3) is 3.03. The first-order chi connectivity index (χ1) is 9.67. The van der Waals surface area contributed by atoms with E-state index in [1.165, 1.54) is 38.8 Å². The summed E-state index contributed by atoms with van der Waals surface area (Å²) in [4.78, 5) is 7.80. The Morgan fingerprint density at radius 2 is 1.60 bits per heavy atom. The molecular formula is C16H31N3O. The van der Waals surface area contributed by atoms with Crippen LogP contribution in [0.15, 0.2) is 0 Å². The molecule has 4 heteroatoms. The van der Waals surface area contributed by atoms with Gasteiger partial charge in [-0.2, -0.15) is 0 Å². The van der Waals surface area contributed by atoms with Crippen LogP contribution in [0.5, 0.6) is 0 Å². The molecule has 2 bridgehead atoms. The van der Waals surface area contributed by atoms with E-state index in [0.29, 0.717) is 0 Å². The summed E-state index contributed by atoms with van der Waals surface area (Å²) < 4.78 is 0. The Kier molecular flexibility index (Phi) is 4.65. The molecule has 0 radical (unpaired) electrons. The van der Waals surface area contributed by atoms with Crippen LogP contribution in [-0.2, 0) is 0 Å². The summed E-state index contributed by atoms with van der Waals surface area (Å²) in [5, 5.41) is 9.77. The average Bonchev–Trinajstić information content (AvgIpc) is 2.68. The summed E-state index contributed by atoms with van der Waals surface area (Å²) >= 11 is 0. The molecule has 3 atom stereocenters. The highest BCUT2D eigenvalue weighted by molar-refractivity contribution is 4.97. The van der Waals surface area contributed by atoms with E-state index in [1.807, 2.05) is 0 Å². The van der Waals surface area contributed by atoms with Crippen molar-refractivity contribution in [2.75, 3.05) is 39.8 Å². The normalized spacial score (nSPS) is 38.2. The topological polar surface area (TPSA) is 30.0 Å². The standard InChI is InChI=1S/C16H31N3O/c1-3-16(20)12-18-6-8-19(9-7-18)15-10-13-4-5-14(11-15)17(13)2/h13-16,20H,3-12H2,1-2H3/t13-,14-,16-/m0/s1. The zero-order valence-electron chi connectivity index (χ0n) is 13.2. The van der Waals surface area contributed by atoms with Crippen molar-refractivity contribution in [3.05, 3.63) is 0 Å². The lowest BCUT2D eigenvalue weighted by atomic mass is 9.96. The molecule has 0 aromatic rings. The molecule has 3 fully saturated rings. The number of hydrogen-bond acceptors (Lipinski definition) is 4. The zero-order chi connectivity index (χ0) is 14.1. The van der Waals surface area contributed by atoms with Gasteiger partial charge < -0.3 is 10.0 Å². The fourth-order valence-corrected chi connectivity index (χ4v) is 4.42. The Hall–Kier alpha value is -0.160. The summed E-state index contributed by atoms with van der Waals surface area (Å²) in [6, 6.07) is 2.51. The fourth-order valence-electron chi connectivity index (χ4n) is 4.42. The first-order valence-electron chi connectivity index (χ1n) is 8.53. The van der Waals surface area contributed by atoms with E-state index in [4.69, 9.17) is 0 Å². The second kappa shape index (κ2) is 6.30. The third-order valence-electron chi connectivity index (χ3n) is 5.94. The first-order valence-corrected chi connectivity index (χ1v) is 8.53.